The van der Waals surface area contributed by atoms with Crippen LogP contribution in [0.4, 0.5) is 0 Å². The second-order valence-electron chi connectivity index (χ2n) is 9.45. The van der Waals surface area contributed by atoms with E-state index in [9.17, 15) is 14.4 Å². The van der Waals surface area contributed by atoms with Gasteiger partial charge in [0.1, 0.15) is 5.70 Å². The Hall–Kier alpha value is -5.14. The van der Waals surface area contributed by atoms with Crippen molar-refractivity contribution in [2.45, 2.75) is 0 Å². The summed E-state index contributed by atoms with van der Waals surface area (Å²) in [5, 5.41) is 6.73. The molecule has 0 radical (unpaired) electrons. The first-order valence-corrected chi connectivity index (χ1v) is 14.8. The SMILES string of the molecule is O=C(NN=Cc1cc(Br)cc(Br)c1OC(=O)c1ccc2c(c1)OCO2)C(=Cc1ccc2c(c1)OCO2)NC(=O)c1ccccc1. The Bertz CT molecular complexity index is 1880. The third-order valence-corrected chi connectivity index (χ3v) is 7.49. The van der Waals surface area contributed by atoms with Gasteiger partial charge in [0.2, 0.25) is 13.6 Å². The van der Waals surface area contributed by atoms with Crippen LogP contribution < -0.4 is 34.4 Å². The monoisotopic (exact) mass is 733 g/mol. The van der Waals surface area contributed by atoms with Crippen LogP contribution in [0.3, 0.4) is 0 Å². The molecule has 226 valence electrons. The fourth-order valence-electron chi connectivity index (χ4n) is 4.29. The Balaban J connectivity index is 1.23. The summed E-state index contributed by atoms with van der Waals surface area (Å²) < 4.78 is 28.3. The molecule has 45 heavy (non-hydrogen) atoms. The number of amides is 2. The van der Waals surface area contributed by atoms with Crippen LogP contribution in [0, 0.1) is 0 Å². The lowest BCUT2D eigenvalue weighted by Crippen LogP contribution is -2.32. The molecule has 4 aromatic rings. The molecule has 2 N–H and O–H groups in total. The van der Waals surface area contributed by atoms with E-state index in [1.165, 1.54) is 18.4 Å². The van der Waals surface area contributed by atoms with Gasteiger partial charge in [-0.2, -0.15) is 5.10 Å². The molecule has 0 aromatic heterocycles. The second-order valence-corrected chi connectivity index (χ2v) is 11.2. The summed E-state index contributed by atoms with van der Waals surface area (Å²) in [5.41, 5.74) is 3.90. The van der Waals surface area contributed by atoms with Crippen LogP contribution >= 0.6 is 31.9 Å². The number of ether oxygens (including phenoxy) is 5. The predicted octanol–water partition coefficient (Wildman–Crippen LogP) is 5.81. The highest BCUT2D eigenvalue weighted by Crippen LogP contribution is 2.36. The van der Waals surface area contributed by atoms with Gasteiger partial charge in [0.15, 0.2) is 28.7 Å². The lowest BCUT2D eigenvalue weighted by molar-refractivity contribution is -0.117. The molecule has 0 spiro atoms. The van der Waals surface area contributed by atoms with E-state index in [-0.39, 0.29) is 30.6 Å². The van der Waals surface area contributed by atoms with Gasteiger partial charge in [-0.1, -0.05) is 40.2 Å². The number of hydrogen-bond acceptors (Lipinski definition) is 9. The fourth-order valence-corrected chi connectivity index (χ4v) is 5.63. The number of nitrogens with zero attached hydrogens (tertiary/aromatic N) is 1. The minimum absolute atomic E-state index is 0.0714. The number of fused-ring (bicyclic) bond motifs is 2. The van der Waals surface area contributed by atoms with E-state index < -0.39 is 17.8 Å². The molecule has 2 heterocycles. The molecule has 0 saturated carbocycles. The lowest BCUT2D eigenvalue weighted by atomic mass is 10.1. The van der Waals surface area contributed by atoms with Gasteiger partial charge in [0.05, 0.1) is 16.3 Å². The van der Waals surface area contributed by atoms with E-state index in [0.717, 1.165) is 0 Å². The number of carbonyl (C=O) groups excluding carboxylic acids is 3. The first kappa shape index (κ1) is 29.9. The number of benzene rings is 4. The molecule has 0 aliphatic carbocycles. The molecule has 0 fully saturated rings. The first-order chi connectivity index (χ1) is 21.8. The first-order valence-electron chi connectivity index (χ1n) is 13.3. The van der Waals surface area contributed by atoms with Crippen molar-refractivity contribution >= 4 is 61.9 Å². The largest absolute Gasteiger partial charge is 0.454 e. The van der Waals surface area contributed by atoms with Crippen LogP contribution in [0.25, 0.3) is 6.08 Å². The summed E-state index contributed by atoms with van der Waals surface area (Å²) in [6, 6.07) is 21.7. The summed E-state index contributed by atoms with van der Waals surface area (Å²) in [7, 11) is 0. The van der Waals surface area contributed by atoms with Crippen LogP contribution in [0.15, 0.2) is 98.6 Å². The highest BCUT2D eigenvalue weighted by Gasteiger charge is 2.21. The molecule has 13 heteroatoms. The average molecular weight is 735 g/mol. The topological polar surface area (TPSA) is 134 Å². The summed E-state index contributed by atoms with van der Waals surface area (Å²) >= 11 is 6.84. The van der Waals surface area contributed by atoms with E-state index in [1.807, 2.05) is 0 Å². The van der Waals surface area contributed by atoms with Gasteiger partial charge in [-0.05, 0) is 82.2 Å². The average Bonchev–Trinajstić information content (AvgIpc) is 3.71. The fraction of sp³-hybridized carbons (Fsp3) is 0.0625. The molecular formula is C32H21Br2N3O8. The van der Waals surface area contributed by atoms with E-state index in [2.05, 4.69) is 47.7 Å². The van der Waals surface area contributed by atoms with Crippen molar-refractivity contribution in [3.8, 4) is 28.7 Å². The number of esters is 1. The van der Waals surface area contributed by atoms with Crippen LogP contribution in [-0.2, 0) is 4.79 Å². The third-order valence-electron chi connectivity index (χ3n) is 6.45. The predicted molar refractivity (Wildman–Crippen MR) is 170 cm³/mol. The molecule has 11 nitrogen and oxygen atoms in total. The molecule has 2 amide bonds. The molecule has 0 saturated heterocycles. The van der Waals surface area contributed by atoms with Gasteiger partial charge in [-0.25, -0.2) is 10.2 Å². The van der Waals surface area contributed by atoms with E-state index in [1.54, 1.807) is 72.8 Å². The van der Waals surface area contributed by atoms with Crippen molar-refractivity contribution in [2.24, 2.45) is 5.10 Å². The second kappa shape index (κ2) is 13.2. The Morgan fingerprint density at radius 2 is 1.47 bits per heavy atom. The van der Waals surface area contributed by atoms with Gasteiger partial charge in [-0.15, -0.1) is 0 Å². The number of carbonyl (C=O) groups is 3. The van der Waals surface area contributed by atoms with Crippen LogP contribution in [0.5, 0.6) is 28.7 Å². The quantitative estimate of drug-likeness (QED) is 0.0762. The number of halogens is 2. The zero-order valence-corrected chi connectivity index (χ0v) is 26.2. The van der Waals surface area contributed by atoms with Crippen molar-refractivity contribution in [1.29, 1.82) is 0 Å². The van der Waals surface area contributed by atoms with Crippen LogP contribution in [0.1, 0.15) is 31.8 Å². The highest BCUT2D eigenvalue weighted by molar-refractivity contribution is 9.11. The standard InChI is InChI=1S/C32H21Br2N3O8/c33-22-12-21(29(23(34)14-22)45-32(40)20-7-9-26-28(13-20)44-17-42-26)15-35-37-31(39)24(36-30(38)19-4-2-1-3-5-19)10-18-6-8-25-27(11-18)43-16-41-25/h1-15H,16-17H2,(H,36,38)(H,37,39). The number of rotatable bonds is 8. The minimum atomic E-state index is -0.707. The summed E-state index contributed by atoms with van der Waals surface area (Å²) in [4.78, 5) is 39.3. The molecule has 6 rings (SSSR count). The van der Waals surface area contributed by atoms with Crippen molar-refractivity contribution in [1.82, 2.24) is 10.7 Å². The number of hydrogen-bond donors (Lipinski definition) is 2. The van der Waals surface area contributed by atoms with Crippen molar-refractivity contribution in [2.75, 3.05) is 13.6 Å². The molecule has 2 aliphatic rings. The summed E-state index contributed by atoms with van der Waals surface area (Å²) in [6.45, 7) is 0.164. The van der Waals surface area contributed by atoms with Crippen LogP contribution in [-0.4, -0.2) is 37.6 Å². The maximum absolute atomic E-state index is 13.3. The molecule has 0 atom stereocenters. The summed E-state index contributed by atoms with van der Waals surface area (Å²) in [5.74, 6) is 0.376. The molecular weight excluding hydrogens is 714 g/mol. The lowest BCUT2D eigenvalue weighted by Gasteiger charge is -2.11. The smallest absolute Gasteiger partial charge is 0.343 e. The van der Waals surface area contributed by atoms with Gasteiger partial charge >= 0.3 is 5.97 Å². The maximum atomic E-state index is 13.3. The van der Waals surface area contributed by atoms with Crippen LogP contribution in [0.2, 0.25) is 0 Å². The van der Waals surface area contributed by atoms with E-state index in [4.69, 9.17) is 23.7 Å². The third kappa shape index (κ3) is 7.00. The number of nitrogens with one attached hydrogen (secondary N) is 2. The Morgan fingerprint density at radius 1 is 0.778 bits per heavy atom. The highest BCUT2D eigenvalue weighted by atomic mass is 79.9. The zero-order valence-electron chi connectivity index (χ0n) is 23.0. The Morgan fingerprint density at radius 3 is 2.22 bits per heavy atom. The van der Waals surface area contributed by atoms with E-state index in [0.29, 0.717) is 48.6 Å². The zero-order chi connectivity index (χ0) is 31.3. The normalized spacial score (nSPS) is 13.1. The van der Waals surface area contributed by atoms with Gasteiger partial charge in [0.25, 0.3) is 11.8 Å². The van der Waals surface area contributed by atoms with Gasteiger partial charge < -0.3 is 29.0 Å². The van der Waals surface area contributed by atoms with Gasteiger partial charge in [0, 0.05) is 15.6 Å². The van der Waals surface area contributed by atoms with Gasteiger partial charge in [-0.3, -0.25) is 9.59 Å². The maximum Gasteiger partial charge on any atom is 0.343 e. The number of hydrazone groups is 1. The molecule has 4 aromatic carbocycles. The minimum Gasteiger partial charge on any atom is -0.454 e. The van der Waals surface area contributed by atoms with Crippen molar-refractivity contribution in [3.63, 3.8) is 0 Å². The van der Waals surface area contributed by atoms with Crippen molar-refractivity contribution in [3.05, 3.63) is 116 Å². The molecule has 0 unspecified atom stereocenters. The Kier molecular flexibility index (Phi) is 8.80. The van der Waals surface area contributed by atoms with Crippen molar-refractivity contribution < 1.29 is 38.1 Å². The molecule has 0 bridgehead atoms. The van der Waals surface area contributed by atoms with E-state index >= 15 is 0 Å². The summed E-state index contributed by atoms with van der Waals surface area (Å²) in [6.07, 6.45) is 2.80. The Labute approximate surface area is 273 Å². The molecule has 2 aliphatic heterocycles.